The van der Waals surface area contributed by atoms with Crippen molar-refractivity contribution in [3.05, 3.63) is 15.6 Å². The zero-order valence-electron chi connectivity index (χ0n) is 12.8. The Morgan fingerprint density at radius 1 is 1.40 bits per heavy atom. The van der Waals surface area contributed by atoms with Gasteiger partial charge < -0.3 is 10.6 Å². The molecule has 20 heavy (non-hydrogen) atoms. The minimum atomic E-state index is 0. The van der Waals surface area contributed by atoms with Crippen molar-refractivity contribution >= 4 is 53.0 Å². The van der Waals surface area contributed by atoms with E-state index in [0.29, 0.717) is 5.25 Å². The second kappa shape index (κ2) is 10.7. The number of aryl methyl sites for hydroxylation is 2. The fourth-order valence-corrected chi connectivity index (χ4v) is 2.66. The second-order valence-electron chi connectivity index (χ2n) is 4.43. The van der Waals surface area contributed by atoms with Crippen LogP contribution in [0.25, 0.3) is 0 Å². The van der Waals surface area contributed by atoms with E-state index in [2.05, 4.69) is 47.6 Å². The topological polar surface area (TPSA) is 49.3 Å². The lowest BCUT2D eigenvalue weighted by atomic mass is 10.4. The van der Waals surface area contributed by atoms with Crippen molar-refractivity contribution in [2.24, 2.45) is 4.99 Å². The first-order valence-electron chi connectivity index (χ1n) is 6.47. The monoisotopic (exact) mass is 428 g/mol. The highest BCUT2D eigenvalue weighted by atomic mass is 127. The van der Waals surface area contributed by atoms with Gasteiger partial charge >= 0.3 is 0 Å². The number of guanidine groups is 1. The maximum atomic E-state index is 4.54. The summed E-state index contributed by atoms with van der Waals surface area (Å²) in [5, 5.41) is 8.42. The molecule has 0 aliphatic heterocycles. The number of hydrogen-bond donors (Lipinski definition) is 2. The van der Waals surface area contributed by atoms with Crippen LogP contribution in [0.4, 0.5) is 0 Å². The first-order chi connectivity index (χ1) is 9.06. The van der Waals surface area contributed by atoms with E-state index in [-0.39, 0.29) is 24.0 Å². The number of hydrogen-bond acceptors (Lipinski definition) is 4. The van der Waals surface area contributed by atoms with E-state index < -0.39 is 0 Å². The molecule has 1 atom stereocenters. The third kappa shape index (κ3) is 7.12. The molecule has 2 N–H and O–H groups in total. The van der Waals surface area contributed by atoms with Gasteiger partial charge in [-0.2, -0.15) is 11.8 Å². The number of aliphatic imine (C=N–C) groups is 1. The van der Waals surface area contributed by atoms with Crippen LogP contribution in [0.1, 0.15) is 22.5 Å². The van der Waals surface area contributed by atoms with Gasteiger partial charge in [0.05, 0.1) is 10.7 Å². The van der Waals surface area contributed by atoms with Gasteiger partial charge in [0.1, 0.15) is 0 Å². The Labute approximate surface area is 147 Å². The van der Waals surface area contributed by atoms with Crippen LogP contribution in [-0.4, -0.2) is 42.6 Å². The Balaban J connectivity index is 0.00000361. The molecule has 1 aromatic heterocycles. The summed E-state index contributed by atoms with van der Waals surface area (Å²) in [4.78, 5) is 10.1. The lowest BCUT2D eigenvalue weighted by Crippen LogP contribution is -2.40. The van der Waals surface area contributed by atoms with Gasteiger partial charge in [0, 0.05) is 36.7 Å². The summed E-state index contributed by atoms with van der Waals surface area (Å²) in [5.74, 6) is 0.867. The summed E-state index contributed by atoms with van der Waals surface area (Å²) in [7, 11) is 1.80. The number of nitrogens with zero attached hydrogens (tertiary/aromatic N) is 2. The van der Waals surface area contributed by atoms with E-state index in [4.69, 9.17) is 0 Å². The minimum absolute atomic E-state index is 0. The molecule has 1 heterocycles. The van der Waals surface area contributed by atoms with Crippen molar-refractivity contribution in [2.75, 3.05) is 26.4 Å². The van der Waals surface area contributed by atoms with E-state index in [9.17, 15) is 0 Å². The molecule has 0 fully saturated rings. The number of rotatable bonds is 6. The fourth-order valence-electron chi connectivity index (χ4n) is 1.48. The smallest absolute Gasteiger partial charge is 0.191 e. The molecule has 1 unspecified atom stereocenters. The second-order valence-corrected chi connectivity index (χ2v) is 6.99. The standard InChI is InChI=1S/C13H24N4S2.HI/c1-9(18-5)8-16-13(14-4)15-7-6-12-17-10(2)11(3)19-12;/h9H,6-8H2,1-5H3,(H2,14,15,16);1H. The predicted octanol–water partition coefficient (Wildman–Crippen LogP) is 2.84. The van der Waals surface area contributed by atoms with E-state index in [1.807, 2.05) is 11.8 Å². The average Bonchev–Trinajstić information content (AvgIpc) is 2.72. The van der Waals surface area contributed by atoms with Crippen molar-refractivity contribution in [1.29, 1.82) is 0 Å². The number of thioether (sulfide) groups is 1. The predicted molar refractivity (Wildman–Crippen MR) is 103 cm³/mol. The highest BCUT2D eigenvalue weighted by molar-refractivity contribution is 14.0. The van der Waals surface area contributed by atoms with Crippen LogP contribution < -0.4 is 10.6 Å². The molecule has 0 saturated carbocycles. The summed E-state index contributed by atoms with van der Waals surface area (Å²) in [6.07, 6.45) is 3.06. The lowest BCUT2D eigenvalue weighted by molar-refractivity contribution is 0.779. The molecule has 0 saturated heterocycles. The van der Waals surface area contributed by atoms with Crippen LogP contribution in [0.15, 0.2) is 4.99 Å². The van der Waals surface area contributed by atoms with Gasteiger partial charge in [0.15, 0.2) is 5.96 Å². The molecule has 0 spiro atoms. The van der Waals surface area contributed by atoms with E-state index in [1.165, 1.54) is 9.88 Å². The highest BCUT2D eigenvalue weighted by Crippen LogP contribution is 2.16. The van der Waals surface area contributed by atoms with Crippen LogP contribution in [-0.2, 0) is 6.42 Å². The van der Waals surface area contributed by atoms with Crippen LogP contribution in [0, 0.1) is 13.8 Å². The molecular formula is C13H25IN4S2. The Hall–Kier alpha value is -0.0200. The maximum absolute atomic E-state index is 4.54. The first-order valence-corrected chi connectivity index (χ1v) is 8.57. The summed E-state index contributed by atoms with van der Waals surface area (Å²) < 4.78 is 0. The third-order valence-corrected chi connectivity index (χ3v) is 4.99. The number of nitrogens with one attached hydrogen (secondary N) is 2. The summed E-state index contributed by atoms with van der Waals surface area (Å²) in [5.41, 5.74) is 1.15. The normalized spacial score (nSPS) is 12.8. The molecule has 7 heteroatoms. The van der Waals surface area contributed by atoms with Crippen LogP contribution in [0.3, 0.4) is 0 Å². The van der Waals surface area contributed by atoms with Crippen molar-refractivity contribution in [3.8, 4) is 0 Å². The SMILES string of the molecule is CN=C(NCCc1nc(C)c(C)s1)NCC(C)SC.I. The Bertz CT molecular complexity index is 401. The van der Waals surface area contributed by atoms with Crippen LogP contribution in [0.5, 0.6) is 0 Å². The number of halogens is 1. The molecule has 0 aliphatic rings. The molecule has 0 aromatic carbocycles. The molecule has 1 rings (SSSR count). The molecule has 0 aliphatic carbocycles. The molecule has 1 aromatic rings. The molecule has 0 amide bonds. The minimum Gasteiger partial charge on any atom is -0.356 e. The third-order valence-electron chi connectivity index (χ3n) is 2.89. The molecule has 0 bridgehead atoms. The quantitative estimate of drug-likeness (QED) is 0.416. The largest absolute Gasteiger partial charge is 0.356 e. The fraction of sp³-hybridized carbons (Fsp3) is 0.692. The zero-order chi connectivity index (χ0) is 14.3. The van der Waals surface area contributed by atoms with Gasteiger partial charge in [0.2, 0.25) is 0 Å². The van der Waals surface area contributed by atoms with E-state index in [1.54, 1.807) is 18.4 Å². The van der Waals surface area contributed by atoms with Crippen molar-refractivity contribution in [2.45, 2.75) is 32.4 Å². The van der Waals surface area contributed by atoms with Gasteiger partial charge in [-0.15, -0.1) is 35.3 Å². The average molecular weight is 428 g/mol. The molecular weight excluding hydrogens is 403 g/mol. The molecule has 116 valence electrons. The first kappa shape index (κ1) is 20.0. The van der Waals surface area contributed by atoms with Crippen molar-refractivity contribution < 1.29 is 0 Å². The number of aromatic nitrogens is 1. The highest BCUT2D eigenvalue weighted by Gasteiger charge is 2.05. The van der Waals surface area contributed by atoms with Gasteiger partial charge in [-0.1, -0.05) is 6.92 Å². The van der Waals surface area contributed by atoms with Crippen molar-refractivity contribution in [1.82, 2.24) is 15.6 Å². The molecule has 4 nitrogen and oxygen atoms in total. The van der Waals surface area contributed by atoms with Gasteiger partial charge in [-0.05, 0) is 20.1 Å². The van der Waals surface area contributed by atoms with Gasteiger partial charge in [-0.25, -0.2) is 4.98 Å². The summed E-state index contributed by atoms with van der Waals surface area (Å²) in [6, 6.07) is 0. The van der Waals surface area contributed by atoms with Crippen LogP contribution >= 0.6 is 47.1 Å². The summed E-state index contributed by atoms with van der Waals surface area (Å²) >= 11 is 3.63. The van der Waals surface area contributed by atoms with Gasteiger partial charge in [0.25, 0.3) is 0 Å². The summed E-state index contributed by atoms with van der Waals surface area (Å²) in [6.45, 7) is 8.17. The lowest BCUT2D eigenvalue weighted by Gasteiger charge is -2.14. The van der Waals surface area contributed by atoms with E-state index in [0.717, 1.165) is 31.2 Å². The Morgan fingerprint density at radius 3 is 2.60 bits per heavy atom. The Kier molecular flexibility index (Phi) is 10.7. The molecule has 0 radical (unpaired) electrons. The maximum Gasteiger partial charge on any atom is 0.191 e. The van der Waals surface area contributed by atoms with Gasteiger partial charge in [-0.3, -0.25) is 4.99 Å². The Morgan fingerprint density at radius 2 is 2.10 bits per heavy atom. The van der Waals surface area contributed by atoms with E-state index >= 15 is 0 Å². The zero-order valence-corrected chi connectivity index (χ0v) is 16.8. The number of thiazole rings is 1. The van der Waals surface area contributed by atoms with Crippen molar-refractivity contribution in [3.63, 3.8) is 0 Å². The van der Waals surface area contributed by atoms with Crippen LogP contribution in [0.2, 0.25) is 0 Å².